The van der Waals surface area contributed by atoms with Crippen molar-refractivity contribution in [2.24, 2.45) is 0 Å². The van der Waals surface area contributed by atoms with E-state index in [1.807, 2.05) is 12.4 Å². The Bertz CT molecular complexity index is 701. The summed E-state index contributed by atoms with van der Waals surface area (Å²) in [6, 6.07) is 6.33. The first-order valence-electron chi connectivity index (χ1n) is 7.68. The van der Waals surface area contributed by atoms with Gasteiger partial charge in [-0.05, 0) is 36.9 Å². The molecule has 1 saturated heterocycles. The molecule has 0 saturated carbocycles. The molecule has 1 aliphatic rings. The van der Waals surface area contributed by atoms with Crippen molar-refractivity contribution in [1.82, 2.24) is 25.3 Å². The van der Waals surface area contributed by atoms with Crippen LogP contribution in [0.25, 0.3) is 10.6 Å². The molecule has 6 heteroatoms. The molecule has 1 unspecified atom stereocenters. The summed E-state index contributed by atoms with van der Waals surface area (Å²) in [5.74, 6) is 0.563. The Morgan fingerprint density at radius 1 is 1.27 bits per heavy atom. The van der Waals surface area contributed by atoms with Gasteiger partial charge in [0.25, 0.3) is 0 Å². The largest absolute Gasteiger partial charge is 0.298 e. The maximum Gasteiger partial charge on any atom is 0.0794 e. The van der Waals surface area contributed by atoms with E-state index in [4.69, 9.17) is 0 Å². The average Bonchev–Trinajstić information content (AvgIpc) is 3.29. The first-order chi connectivity index (χ1) is 10.9. The maximum absolute atomic E-state index is 4.25. The number of piperidine rings is 1. The monoisotopic (exact) mass is 313 g/mol. The Hall–Kier alpha value is -1.92. The van der Waals surface area contributed by atoms with Crippen LogP contribution in [0.2, 0.25) is 0 Å². The van der Waals surface area contributed by atoms with E-state index in [0.29, 0.717) is 5.92 Å². The van der Waals surface area contributed by atoms with Gasteiger partial charge in [-0.25, -0.2) is 0 Å². The molecule has 5 nitrogen and oxygen atoms in total. The van der Waals surface area contributed by atoms with Crippen molar-refractivity contribution in [1.29, 1.82) is 0 Å². The molecule has 1 aliphatic heterocycles. The molecule has 1 atom stereocenters. The molecule has 0 spiro atoms. The number of rotatable bonds is 4. The van der Waals surface area contributed by atoms with E-state index in [-0.39, 0.29) is 0 Å². The lowest BCUT2D eigenvalue weighted by atomic mass is 9.94. The van der Waals surface area contributed by atoms with Crippen LogP contribution in [0.15, 0.2) is 36.0 Å². The molecule has 0 aliphatic carbocycles. The van der Waals surface area contributed by atoms with Crippen LogP contribution in [-0.2, 0) is 6.54 Å². The van der Waals surface area contributed by atoms with Gasteiger partial charge in [-0.15, -0.1) is 11.3 Å². The van der Waals surface area contributed by atoms with Crippen LogP contribution in [-0.4, -0.2) is 38.4 Å². The van der Waals surface area contributed by atoms with Gasteiger partial charge in [0.1, 0.15) is 0 Å². The molecule has 1 fully saturated rings. The standard InChI is InChI=1S/C16H19N5S/c1-3-12(14-5-6-17-19-14)10-21(7-1)11-13-9-18-20-16(13)15-4-2-8-22-15/h2,4-6,8-9,12H,1,3,7,10-11H2,(H,17,19)(H,18,20). The lowest BCUT2D eigenvalue weighted by Gasteiger charge is -2.32. The topological polar surface area (TPSA) is 60.6 Å². The Balaban J connectivity index is 1.49. The Kier molecular flexibility index (Phi) is 3.78. The van der Waals surface area contributed by atoms with Crippen molar-refractivity contribution in [2.45, 2.75) is 25.3 Å². The molecule has 114 valence electrons. The third kappa shape index (κ3) is 2.71. The molecule has 0 amide bonds. The van der Waals surface area contributed by atoms with Crippen molar-refractivity contribution in [2.75, 3.05) is 13.1 Å². The van der Waals surface area contributed by atoms with E-state index in [2.05, 4.69) is 48.9 Å². The van der Waals surface area contributed by atoms with Crippen LogP contribution in [0.5, 0.6) is 0 Å². The van der Waals surface area contributed by atoms with Crippen LogP contribution in [0.4, 0.5) is 0 Å². The summed E-state index contributed by atoms with van der Waals surface area (Å²) in [5, 5.41) is 16.7. The summed E-state index contributed by atoms with van der Waals surface area (Å²) in [6.45, 7) is 3.19. The number of hydrogen-bond donors (Lipinski definition) is 2. The van der Waals surface area contributed by atoms with Crippen LogP contribution >= 0.6 is 11.3 Å². The zero-order valence-corrected chi connectivity index (χ0v) is 13.1. The predicted octanol–water partition coefficient (Wildman–Crippen LogP) is 3.24. The minimum absolute atomic E-state index is 0.563. The quantitative estimate of drug-likeness (QED) is 0.777. The second kappa shape index (κ2) is 6.06. The number of aromatic amines is 2. The van der Waals surface area contributed by atoms with Crippen molar-refractivity contribution in [3.05, 3.63) is 47.2 Å². The van der Waals surface area contributed by atoms with Gasteiger partial charge in [0, 0.05) is 36.5 Å². The summed E-state index contributed by atoms with van der Waals surface area (Å²) in [7, 11) is 0. The van der Waals surface area contributed by atoms with E-state index in [9.17, 15) is 0 Å². The highest BCUT2D eigenvalue weighted by Gasteiger charge is 2.23. The molecule has 22 heavy (non-hydrogen) atoms. The highest BCUT2D eigenvalue weighted by Crippen LogP contribution is 2.29. The fourth-order valence-electron chi connectivity index (χ4n) is 3.25. The number of H-pyrrole nitrogens is 2. The molecule has 0 radical (unpaired) electrons. The summed E-state index contributed by atoms with van der Waals surface area (Å²) < 4.78 is 0. The fraction of sp³-hybridized carbons (Fsp3) is 0.375. The van der Waals surface area contributed by atoms with Gasteiger partial charge < -0.3 is 0 Å². The molecule has 2 N–H and O–H groups in total. The minimum atomic E-state index is 0.563. The highest BCUT2D eigenvalue weighted by atomic mass is 32.1. The second-order valence-corrected chi connectivity index (χ2v) is 6.78. The van der Waals surface area contributed by atoms with Gasteiger partial charge in [-0.3, -0.25) is 15.1 Å². The first kappa shape index (κ1) is 13.7. The Labute approximate surface area is 133 Å². The Morgan fingerprint density at radius 3 is 3.09 bits per heavy atom. The molecule has 0 aromatic carbocycles. The third-order valence-corrected chi connectivity index (χ3v) is 5.23. The van der Waals surface area contributed by atoms with E-state index in [0.717, 1.165) is 19.6 Å². The number of thiophene rings is 1. The number of nitrogens with zero attached hydrogens (tertiary/aromatic N) is 3. The van der Waals surface area contributed by atoms with Gasteiger partial charge in [0.15, 0.2) is 0 Å². The lowest BCUT2D eigenvalue weighted by molar-refractivity contribution is 0.198. The molecule has 0 bridgehead atoms. The molecule has 3 aromatic heterocycles. The summed E-state index contributed by atoms with van der Waals surface area (Å²) >= 11 is 1.75. The number of nitrogens with one attached hydrogen (secondary N) is 2. The van der Waals surface area contributed by atoms with Crippen molar-refractivity contribution < 1.29 is 0 Å². The fourth-order valence-corrected chi connectivity index (χ4v) is 4.01. The molecule has 4 heterocycles. The minimum Gasteiger partial charge on any atom is -0.298 e. The van der Waals surface area contributed by atoms with Crippen molar-refractivity contribution in [3.63, 3.8) is 0 Å². The van der Waals surface area contributed by atoms with Gasteiger partial charge in [0.05, 0.1) is 16.8 Å². The summed E-state index contributed by atoms with van der Waals surface area (Å²) in [4.78, 5) is 3.78. The summed E-state index contributed by atoms with van der Waals surface area (Å²) in [5.41, 5.74) is 3.71. The average molecular weight is 313 g/mol. The third-order valence-electron chi connectivity index (χ3n) is 4.35. The molecule has 4 rings (SSSR count). The van der Waals surface area contributed by atoms with Crippen LogP contribution in [0, 0.1) is 0 Å². The zero-order chi connectivity index (χ0) is 14.8. The first-order valence-corrected chi connectivity index (χ1v) is 8.56. The molecular formula is C16H19N5S. The Morgan fingerprint density at radius 2 is 2.27 bits per heavy atom. The summed E-state index contributed by atoms with van der Waals surface area (Å²) in [6.07, 6.45) is 6.28. The highest BCUT2D eigenvalue weighted by molar-refractivity contribution is 7.13. The normalized spacial score (nSPS) is 19.5. The molecular weight excluding hydrogens is 294 g/mol. The van der Waals surface area contributed by atoms with Gasteiger partial charge >= 0.3 is 0 Å². The van der Waals surface area contributed by atoms with Crippen LogP contribution < -0.4 is 0 Å². The zero-order valence-electron chi connectivity index (χ0n) is 12.3. The van der Waals surface area contributed by atoms with Crippen molar-refractivity contribution >= 4 is 11.3 Å². The van der Waals surface area contributed by atoms with Crippen LogP contribution in [0.1, 0.15) is 30.0 Å². The van der Waals surface area contributed by atoms with Gasteiger partial charge in [-0.1, -0.05) is 6.07 Å². The number of likely N-dealkylation sites (tertiary alicyclic amines) is 1. The van der Waals surface area contributed by atoms with Gasteiger partial charge in [-0.2, -0.15) is 10.2 Å². The van der Waals surface area contributed by atoms with E-state index < -0.39 is 0 Å². The smallest absolute Gasteiger partial charge is 0.0794 e. The maximum atomic E-state index is 4.25. The number of aromatic nitrogens is 4. The lowest BCUT2D eigenvalue weighted by Crippen LogP contribution is -2.34. The second-order valence-electron chi connectivity index (χ2n) is 5.83. The SMILES string of the molecule is c1csc(-c2[nH]ncc2CN2CCCC(c3ccn[nH]3)C2)c1. The van der Waals surface area contributed by atoms with E-state index in [1.54, 1.807) is 11.3 Å². The van der Waals surface area contributed by atoms with Crippen molar-refractivity contribution in [3.8, 4) is 10.6 Å². The molecule has 3 aromatic rings. The predicted molar refractivity (Wildman–Crippen MR) is 87.7 cm³/mol. The number of hydrogen-bond acceptors (Lipinski definition) is 4. The van der Waals surface area contributed by atoms with E-state index >= 15 is 0 Å². The van der Waals surface area contributed by atoms with Crippen LogP contribution in [0.3, 0.4) is 0 Å². The van der Waals surface area contributed by atoms with E-state index in [1.165, 1.54) is 34.7 Å². The van der Waals surface area contributed by atoms with Gasteiger partial charge in [0.2, 0.25) is 0 Å².